The van der Waals surface area contributed by atoms with E-state index in [9.17, 15) is 4.79 Å². The molecule has 4 nitrogen and oxygen atoms in total. The maximum atomic E-state index is 11.7. The molecule has 2 rings (SSSR count). The summed E-state index contributed by atoms with van der Waals surface area (Å²) in [6.07, 6.45) is 6.13. The predicted octanol–water partition coefficient (Wildman–Crippen LogP) is 2.14. The Morgan fingerprint density at radius 2 is 2.06 bits per heavy atom. The highest BCUT2D eigenvalue weighted by Gasteiger charge is 2.49. The number of hydrogen-bond acceptors (Lipinski definition) is 2. The van der Waals surface area contributed by atoms with Crippen molar-refractivity contribution >= 4 is 11.9 Å². The van der Waals surface area contributed by atoms with E-state index in [4.69, 9.17) is 5.73 Å². The van der Waals surface area contributed by atoms with Crippen molar-refractivity contribution in [3.8, 4) is 0 Å². The molecule has 2 aliphatic rings. The first-order valence-corrected chi connectivity index (χ1v) is 6.27. The zero-order valence-electron chi connectivity index (χ0n) is 10.2. The normalized spacial score (nSPS) is 32.0. The van der Waals surface area contributed by atoms with Crippen LogP contribution in [-0.2, 0) is 0 Å². The second kappa shape index (κ2) is 4.07. The van der Waals surface area contributed by atoms with Crippen LogP contribution in [0.15, 0.2) is 4.99 Å². The number of likely N-dealkylation sites (N-methyl/N-ethyl adjacent to an activating group) is 1. The molecule has 16 heavy (non-hydrogen) atoms. The topological polar surface area (TPSA) is 58.7 Å². The largest absolute Gasteiger partial charge is 0.385 e. The van der Waals surface area contributed by atoms with Crippen molar-refractivity contribution in [1.29, 1.82) is 0 Å². The van der Waals surface area contributed by atoms with Crippen LogP contribution in [0.4, 0.5) is 4.79 Å². The molecule has 0 radical (unpaired) electrons. The van der Waals surface area contributed by atoms with Gasteiger partial charge in [0, 0.05) is 6.54 Å². The zero-order valence-corrected chi connectivity index (χ0v) is 10.2. The van der Waals surface area contributed by atoms with Crippen LogP contribution < -0.4 is 5.73 Å². The van der Waals surface area contributed by atoms with Crippen molar-refractivity contribution in [2.75, 3.05) is 6.54 Å². The number of urea groups is 1. The highest BCUT2D eigenvalue weighted by molar-refractivity contribution is 6.05. The molecule has 0 aromatic heterocycles. The SMILES string of the molecule is CCN1C(=O)N=C(N)C1(C)C1CCCCC1. The number of rotatable bonds is 2. The summed E-state index contributed by atoms with van der Waals surface area (Å²) in [7, 11) is 0. The minimum absolute atomic E-state index is 0.159. The van der Waals surface area contributed by atoms with E-state index in [-0.39, 0.29) is 11.6 Å². The van der Waals surface area contributed by atoms with Crippen molar-refractivity contribution in [3.05, 3.63) is 0 Å². The molecule has 1 aliphatic carbocycles. The predicted molar refractivity (Wildman–Crippen MR) is 64.4 cm³/mol. The van der Waals surface area contributed by atoms with Crippen molar-refractivity contribution in [1.82, 2.24) is 4.90 Å². The van der Waals surface area contributed by atoms with Gasteiger partial charge in [-0.3, -0.25) is 0 Å². The average molecular weight is 223 g/mol. The Kier molecular flexibility index (Phi) is 2.91. The second-order valence-corrected chi connectivity index (χ2v) is 5.01. The molecule has 1 atom stereocenters. The monoisotopic (exact) mass is 223 g/mol. The van der Waals surface area contributed by atoms with Crippen LogP contribution in [0.25, 0.3) is 0 Å². The maximum absolute atomic E-state index is 11.7. The third-order valence-corrected chi connectivity index (χ3v) is 4.24. The summed E-state index contributed by atoms with van der Waals surface area (Å²) in [5, 5.41) is 0. The van der Waals surface area contributed by atoms with Crippen LogP contribution in [0.2, 0.25) is 0 Å². The van der Waals surface area contributed by atoms with Gasteiger partial charge in [0.1, 0.15) is 11.4 Å². The lowest BCUT2D eigenvalue weighted by atomic mass is 9.74. The summed E-state index contributed by atoms with van der Waals surface area (Å²) in [5.41, 5.74) is 5.66. The third kappa shape index (κ3) is 1.51. The third-order valence-electron chi connectivity index (χ3n) is 4.24. The summed E-state index contributed by atoms with van der Waals surface area (Å²) < 4.78 is 0. The minimum atomic E-state index is -0.327. The molecule has 0 bridgehead atoms. The summed E-state index contributed by atoms with van der Waals surface area (Å²) in [6, 6.07) is -0.159. The molecule has 1 saturated carbocycles. The van der Waals surface area contributed by atoms with Gasteiger partial charge in [0.25, 0.3) is 0 Å². The average Bonchev–Trinajstić information content (AvgIpc) is 2.52. The highest BCUT2D eigenvalue weighted by Crippen LogP contribution is 2.39. The first-order chi connectivity index (χ1) is 7.60. The summed E-state index contributed by atoms with van der Waals surface area (Å²) in [4.78, 5) is 17.5. The van der Waals surface area contributed by atoms with Crippen molar-refractivity contribution in [3.63, 3.8) is 0 Å². The van der Waals surface area contributed by atoms with Crippen molar-refractivity contribution in [2.45, 2.75) is 51.5 Å². The van der Waals surface area contributed by atoms with E-state index in [1.165, 1.54) is 19.3 Å². The molecular weight excluding hydrogens is 202 g/mol. The van der Waals surface area contributed by atoms with Gasteiger partial charge >= 0.3 is 6.03 Å². The summed E-state index contributed by atoms with van der Waals surface area (Å²) in [6.45, 7) is 4.76. The van der Waals surface area contributed by atoms with Gasteiger partial charge in [-0.15, -0.1) is 0 Å². The van der Waals surface area contributed by atoms with Gasteiger partial charge in [-0.25, -0.2) is 4.79 Å². The van der Waals surface area contributed by atoms with Gasteiger partial charge < -0.3 is 10.6 Å². The molecule has 90 valence electrons. The molecular formula is C12H21N3O. The molecule has 0 spiro atoms. The number of amides is 2. The minimum Gasteiger partial charge on any atom is -0.385 e. The van der Waals surface area contributed by atoms with E-state index in [1.807, 2.05) is 11.8 Å². The Hall–Kier alpha value is -1.06. The van der Waals surface area contributed by atoms with Crippen molar-refractivity contribution < 1.29 is 4.79 Å². The van der Waals surface area contributed by atoms with Crippen LogP contribution in [0.1, 0.15) is 46.0 Å². The number of carbonyl (C=O) groups is 1. The Morgan fingerprint density at radius 3 is 2.62 bits per heavy atom. The van der Waals surface area contributed by atoms with E-state index < -0.39 is 0 Å². The van der Waals surface area contributed by atoms with E-state index >= 15 is 0 Å². The van der Waals surface area contributed by atoms with Crippen LogP contribution in [0.3, 0.4) is 0 Å². The van der Waals surface area contributed by atoms with Gasteiger partial charge in [-0.1, -0.05) is 19.3 Å². The number of aliphatic imine (C=N–C) groups is 1. The number of nitrogens with two attached hydrogens (primary N) is 1. The summed E-state index contributed by atoms with van der Waals surface area (Å²) in [5.74, 6) is 1.00. The van der Waals surface area contributed by atoms with Crippen LogP contribution in [0.5, 0.6) is 0 Å². The molecule has 1 unspecified atom stereocenters. The Bertz CT molecular complexity index is 320. The molecule has 1 fully saturated rings. The van der Waals surface area contributed by atoms with Gasteiger partial charge in [0.05, 0.1) is 0 Å². The molecule has 2 N–H and O–H groups in total. The molecule has 0 saturated heterocycles. The highest BCUT2D eigenvalue weighted by atomic mass is 16.2. The van der Waals surface area contributed by atoms with Crippen LogP contribution >= 0.6 is 0 Å². The van der Waals surface area contributed by atoms with Gasteiger partial charge in [-0.05, 0) is 32.6 Å². The summed E-state index contributed by atoms with van der Waals surface area (Å²) >= 11 is 0. The number of amidine groups is 1. The molecule has 4 heteroatoms. The fraction of sp³-hybridized carbons (Fsp3) is 0.833. The maximum Gasteiger partial charge on any atom is 0.346 e. The first-order valence-electron chi connectivity index (χ1n) is 6.27. The fourth-order valence-electron chi connectivity index (χ4n) is 3.17. The van der Waals surface area contributed by atoms with E-state index in [0.29, 0.717) is 18.3 Å². The fourth-order valence-corrected chi connectivity index (χ4v) is 3.17. The van der Waals surface area contributed by atoms with Gasteiger partial charge in [0.15, 0.2) is 0 Å². The molecule has 2 amide bonds. The standard InChI is InChI=1S/C12H21N3O/c1-3-15-11(16)14-10(13)12(15,2)9-7-5-4-6-8-9/h9H,3-8H2,1-2H3,(H2,13,14,16). The molecule has 1 aliphatic heterocycles. The first kappa shape index (κ1) is 11.4. The Balaban J connectivity index is 2.26. The van der Waals surface area contributed by atoms with Crippen molar-refractivity contribution in [2.24, 2.45) is 16.6 Å². The lowest BCUT2D eigenvalue weighted by Crippen LogP contribution is -2.57. The quantitative estimate of drug-likeness (QED) is 0.779. The lowest BCUT2D eigenvalue weighted by molar-refractivity contribution is 0.124. The van der Waals surface area contributed by atoms with Crippen LogP contribution in [-0.4, -0.2) is 28.9 Å². The lowest BCUT2D eigenvalue weighted by Gasteiger charge is -2.42. The molecule has 1 heterocycles. The smallest absolute Gasteiger partial charge is 0.346 e. The number of hydrogen-bond donors (Lipinski definition) is 1. The van der Waals surface area contributed by atoms with E-state index in [0.717, 1.165) is 12.8 Å². The molecule has 0 aromatic carbocycles. The second-order valence-electron chi connectivity index (χ2n) is 5.01. The van der Waals surface area contributed by atoms with Gasteiger partial charge in [-0.2, -0.15) is 4.99 Å². The van der Waals surface area contributed by atoms with E-state index in [1.54, 1.807) is 0 Å². The number of carbonyl (C=O) groups excluding carboxylic acids is 1. The number of nitrogens with zero attached hydrogens (tertiary/aromatic N) is 2. The Labute approximate surface area is 96.9 Å². The molecule has 0 aromatic rings. The van der Waals surface area contributed by atoms with E-state index in [2.05, 4.69) is 11.9 Å². The van der Waals surface area contributed by atoms with Crippen LogP contribution in [0, 0.1) is 5.92 Å². The Morgan fingerprint density at radius 1 is 1.44 bits per heavy atom. The van der Waals surface area contributed by atoms with Gasteiger partial charge in [0.2, 0.25) is 0 Å². The zero-order chi connectivity index (χ0) is 11.8.